The number of hydrogen-bond acceptors (Lipinski definition) is 5. The molecular formula is C13H11FN4S. The van der Waals surface area contributed by atoms with Crippen LogP contribution in [0.3, 0.4) is 0 Å². The van der Waals surface area contributed by atoms with E-state index in [0.717, 1.165) is 16.4 Å². The van der Waals surface area contributed by atoms with E-state index in [-0.39, 0.29) is 13.0 Å². The van der Waals surface area contributed by atoms with Crippen LogP contribution in [0.1, 0.15) is 6.42 Å². The Labute approximate surface area is 114 Å². The van der Waals surface area contributed by atoms with Crippen LogP contribution in [-0.4, -0.2) is 28.7 Å². The number of rotatable bonds is 2. The minimum absolute atomic E-state index is 0.101. The molecule has 96 valence electrons. The molecule has 1 fully saturated rings. The predicted octanol–water partition coefficient (Wildman–Crippen LogP) is 2.65. The molecule has 1 aliphatic rings. The maximum absolute atomic E-state index is 13.9. The third-order valence-electron chi connectivity index (χ3n) is 3.14. The Bertz CT molecular complexity index is 621. The lowest BCUT2D eigenvalue weighted by atomic mass is 10.1. The minimum atomic E-state index is -1.74. The van der Waals surface area contributed by atoms with Gasteiger partial charge in [-0.15, -0.1) is 11.3 Å². The van der Waals surface area contributed by atoms with E-state index in [1.54, 1.807) is 18.5 Å². The largest absolute Gasteiger partial charge is 0.344 e. The molecule has 0 radical (unpaired) electrons. The molecule has 0 aliphatic carbocycles. The summed E-state index contributed by atoms with van der Waals surface area (Å²) in [6.45, 7) is 0.632. The third kappa shape index (κ3) is 2.29. The van der Waals surface area contributed by atoms with Crippen molar-refractivity contribution in [3.8, 4) is 17.3 Å². The molecule has 2 aromatic heterocycles. The number of pyridine rings is 1. The van der Waals surface area contributed by atoms with Crippen LogP contribution in [0, 0.1) is 11.3 Å². The fourth-order valence-corrected chi connectivity index (χ4v) is 2.95. The molecule has 2 aromatic rings. The molecular weight excluding hydrogens is 263 g/mol. The van der Waals surface area contributed by atoms with Gasteiger partial charge in [-0.25, -0.2) is 9.37 Å². The van der Waals surface area contributed by atoms with Crippen LogP contribution in [0.25, 0.3) is 11.3 Å². The van der Waals surface area contributed by atoms with Gasteiger partial charge in [0.25, 0.3) is 0 Å². The maximum Gasteiger partial charge on any atom is 0.215 e. The van der Waals surface area contributed by atoms with E-state index in [4.69, 9.17) is 5.26 Å². The number of nitriles is 1. The van der Waals surface area contributed by atoms with Gasteiger partial charge in [-0.05, 0) is 12.1 Å². The molecule has 1 aliphatic heterocycles. The number of aromatic nitrogens is 2. The molecule has 0 amide bonds. The van der Waals surface area contributed by atoms with Crippen molar-refractivity contribution in [3.05, 3.63) is 29.9 Å². The second-order valence-corrected chi connectivity index (χ2v) is 5.34. The van der Waals surface area contributed by atoms with Gasteiger partial charge >= 0.3 is 0 Å². The Kier molecular flexibility index (Phi) is 2.91. The highest BCUT2D eigenvalue weighted by Crippen LogP contribution is 2.33. The normalized spacial score (nSPS) is 22.4. The summed E-state index contributed by atoms with van der Waals surface area (Å²) in [7, 11) is 0. The molecule has 0 bridgehead atoms. The molecule has 19 heavy (non-hydrogen) atoms. The van der Waals surface area contributed by atoms with Gasteiger partial charge in [0.05, 0.1) is 12.2 Å². The minimum Gasteiger partial charge on any atom is -0.344 e. The van der Waals surface area contributed by atoms with E-state index in [0.29, 0.717) is 6.54 Å². The van der Waals surface area contributed by atoms with Gasteiger partial charge in [-0.2, -0.15) is 5.26 Å². The van der Waals surface area contributed by atoms with E-state index in [2.05, 4.69) is 9.97 Å². The zero-order chi connectivity index (χ0) is 13.3. The summed E-state index contributed by atoms with van der Waals surface area (Å²) < 4.78 is 13.9. The molecule has 0 N–H and O–H groups in total. The zero-order valence-corrected chi connectivity index (χ0v) is 10.9. The van der Waals surface area contributed by atoms with Crippen molar-refractivity contribution >= 4 is 16.5 Å². The summed E-state index contributed by atoms with van der Waals surface area (Å²) in [5.41, 5.74) is 0.0394. The highest BCUT2D eigenvalue weighted by molar-refractivity contribution is 7.14. The second-order valence-electron chi connectivity index (χ2n) is 4.51. The lowest BCUT2D eigenvalue weighted by Gasteiger charge is -2.14. The van der Waals surface area contributed by atoms with Gasteiger partial charge < -0.3 is 4.90 Å². The van der Waals surface area contributed by atoms with E-state index in [1.807, 2.05) is 22.4 Å². The maximum atomic E-state index is 13.9. The second kappa shape index (κ2) is 4.59. The molecule has 1 unspecified atom stereocenters. The Hall–Kier alpha value is -2.00. The summed E-state index contributed by atoms with van der Waals surface area (Å²) in [5.74, 6) is 0. The molecule has 0 aromatic carbocycles. The molecule has 0 spiro atoms. The molecule has 6 heteroatoms. The van der Waals surface area contributed by atoms with Crippen LogP contribution < -0.4 is 4.90 Å². The first-order valence-electron chi connectivity index (χ1n) is 5.91. The molecule has 1 saturated heterocycles. The number of thiazole rings is 1. The van der Waals surface area contributed by atoms with Crippen LogP contribution in [0.4, 0.5) is 9.52 Å². The lowest BCUT2D eigenvalue weighted by molar-refractivity contribution is 0.271. The molecule has 1 atom stereocenters. The highest BCUT2D eigenvalue weighted by Gasteiger charge is 2.39. The zero-order valence-electron chi connectivity index (χ0n) is 10.1. The van der Waals surface area contributed by atoms with Gasteiger partial charge in [0, 0.05) is 36.3 Å². The first kappa shape index (κ1) is 12.1. The van der Waals surface area contributed by atoms with Crippen molar-refractivity contribution in [1.29, 1.82) is 5.26 Å². The predicted molar refractivity (Wildman–Crippen MR) is 71.6 cm³/mol. The van der Waals surface area contributed by atoms with Gasteiger partial charge in [-0.3, -0.25) is 4.98 Å². The fraction of sp³-hybridized carbons (Fsp3) is 0.308. The number of alkyl halides is 1. The molecule has 0 saturated carbocycles. The standard InChI is InChI=1S/C13H11FN4S/c14-13(8-15)3-5-18(9-13)12-17-11(7-19-12)10-2-1-4-16-6-10/h1-2,4,6-7H,3,5,9H2. The summed E-state index contributed by atoms with van der Waals surface area (Å²) in [6.07, 6.45) is 3.70. The van der Waals surface area contributed by atoms with Crippen molar-refractivity contribution in [2.75, 3.05) is 18.0 Å². The molecule has 4 nitrogen and oxygen atoms in total. The van der Waals surface area contributed by atoms with Crippen LogP contribution in [0.15, 0.2) is 29.9 Å². The van der Waals surface area contributed by atoms with Gasteiger partial charge in [-0.1, -0.05) is 0 Å². The average Bonchev–Trinajstić information content (AvgIpc) is 3.07. The van der Waals surface area contributed by atoms with Crippen LogP contribution in [0.5, 0.6) is 0 Å². The van der Waals surface area contributed by atoms with Crippen molar-refractivity contribution in [2.24, 2.45) is 0 Å². The first-order valence-corrected chi connectivity index (χ1v) is 6.79. The van der Waals surface area contributed by atoms with E-state index < -0.39 is 5.67 Å². The Morgan fingerprint density at radius 1 is 1.53 bits per heavy atom. The quantitative estimate of drug-likeness (QED) is 0.844. The van der Waals surface area contributed by atoms with Crippen molar-refractivity contribution in [3.63, 3.8) is 0 Å². The topological polar surface area (TPSA) is 52.8 Å². The summed E-state index contributed by atoms with van der Waals surface area (Å²) in [6, 6.07) is 5.53. The van der Waals surface area contributed by atoms with Crippen LogP contribution in [-0.2, 0) is 0 Å². The van der Waals surface area contributed by atoms with E-state index in [1.165, 1.54) is 11.3 Å². The summed E-state index contributed by atoms with van der Waals surface area (Å²) in [4.78, 5) is 10.4. The summed E-state index contributed by atoms with van der Waals surface area (Å²) >= 11 is 1.46. The summed E-state index contributed by atoms with van der Waals surface area (Å²) in [5, 5.41) is 11.5. The fourth-order valence-electron chi connectivity index (χ4n) is 2.08. The SMILES string of the molecule is N#CC1(F)CCN(c2nc(-c3cccnc3)cs2)C1. The number of halogens is 1. The molecule has 3 heterocycles. The number of anilines is 1. The van der Waals surface area contributed by atoms with E-state index >= 15 is 0 Å². The van der Waals surface area contributed by atoms with Gasteiger partial charge in [0.1, 0.15) is 6.07 Å². The Morgan fingerprint density at radius 3 is 3.11 bits per heavy atom. The monoisotopic (exact) mass is 274 g/mol. The number of hydrogen-bond donors (Lipinski definition) is 0. The molecule has 3 rings (SSSR count). The first-order chi connectivity index (χ1) is 9.20. The highest BCUT2D eigenvalue weighted by atomic mass is 32.1. The number of nitrogens with zero attached hydrogens (tertiary/aromatic N) is 4. The van der Waals surface area contributed by atoms with Gasteiger partial charge in [0.2, 0.25) is 5.67 Å². The van der Waals surface area contributed by atoms with E-state index in [9.17, 15) is 4.39 Å². The van der Waals surface area contributed by atoms with Crippen molar-refractivity contribution < 1.29 is 4.39 Å². The Morgan fingerprint density at radius 2 is 2.42 bits per heavy atom. The third-order valence-corrected chi connectivity index (χ3v) is 4.04. The van der Waals surface area contributed by atoms with Crippen molar-refractivity contribution in [1.82, 2.24) is 9.97 Å². The Balaban J connectivity index is 1.82. The van der Waals surface area contributed by atoms with Crippen LogP contribution >= 0.6 is 11.3 Å². The van der Waals surface area contributed by atoms with Crippen LogP contribution in [0.2, 0.25) is 0 Å². The van der Waals surface area contributed by atoms with Gasteiger partial charge in [0.15, 0.2) is 5.13 Å². The smallest absolute Gasteiger partial charge is 0.215 e. The lowest BCUT2D eigenvalue weighted by Crippen LogP contribution is -2.27. The average molecular weight is 274 g/mol. The van der Waals surface area contributed by atoms with Crippen molar-refractivity contribution in [2.45, 2.75) is 12.1 Å².